The SMILES string of the molecule is CNC(=O)c1ccc(N)cc1N1CCC(C)C1CO. The van der Waals surface area contributed by atoms with Crippen LogP contribution >= 0.6 is 0 Å². The number of nitrogens with one attached hydrogen (secondary N) is 1. The van der Waals surface area contributed by atoms with Crippen LogP contribution in [-0.2, 0) is 0 Å². The lowest BCUT2D eigenvalue weighted by atomic mass is 10.0. The largest absolute Gasteiger partial charge is 0.399 e. The Labute approximate surface area is 113 Å². The standard InChI is InChI=1S/C14H21N3O2/c1-9-5-6-17(13(9)8-18)12-7-10(15)3-4-11(12)14(19)16-2/h3-4,7,9,13,18H,5-6,8,15H2,1-2H3,(H,16,19). The molecule has 4 N–H and O–H groups in total. The molecule has 0 spiro atoms. The van der Waals surface area contributed by atoms with Gasteiger partial charge in [0.15, 0.2) is 0 Å². The normalized spacial score (nSPS) is 22.6. The molecule has 0 bridgehead atoms. The van der Waals surface area contributed by atoms with Gasteiger partial charge in [0, 0.05) is 19.3 Å². The zero-order valence-electron chi connectivity index (χ0n) is 11.4. The molecular weight excluding hydrogens is 242 g/mol. The van der Waals surface area contributed by atoms with E-state index in [4.69, 9.17) is 5.73 Å². The molecule has 0 radical (unpaired) electrons. The van der Waals surface area contributed by atoms with E-state index in [1.54, 1.807) is 19.2 Å². The number of rotatable bonds is 3. The number of carbonyl (C=O) groups excluding carboxylic acids is 1. The predicted octanol–water partition coefficient (Wildman–Crippen LogP) is 0.835. The lowest BCUT2D eigenvalue weighted by molar-refractivity contribution is 0.0963. The molecule has 1 aromatic carbocycles. The number of benzene rings is 1. The van der Waals surface area contributed by atoms with Crippen LogP contribution in [-0.4, -0.2) is 37.3 Å². The van der Waals surface area contributed by atoms with E-state index >= 15 is 0 Å². The number of amides is 1. The van der Waals surface area contributed by atoms with Gasteiger partial charge >= 0.3 is 0 Å². The average Bonchev–Trinajstić information content (AvgIpc) is 2.78. The number of anilines is 2. The summed E-state index contributed by atoms with van der Waals surface area (Å²) >= 11 is 0. The number of nitrogens with zero attached hydrogens (tertiary/aromatic N) is 1. The molecule has 104 valence electrons. The summed E-state index contributed by atoms with van der Waals surface area (Å²) in [5, 5.41) is 12.2. The number of nitrogen functional groups attached to an aromatic ring is 1. The van der Waals surface area contributed by atoms with E-state index in [1.807, 2.05) is 6.07 Å². The summed E-state index contributed by atoms with van der Waals surface area (Å²) in [7, 11) is 1.61. The summed E-state index contributed by atoms with van der Waals surface area (Å²) in [6, 6.07) is 5.32. The second-order valence-electron chi connectivity index (χ2n) is 5.06. The van der Waals surface area contributed by atoms with E-state index in [1.165, 1.54) is 0 Å². The Morgan fingerprint density at radius 1 is 1.58 bits per heavy atom. The van der Waals surface area contributed by atoms with Gasteiger partial charge in [0.1, 0.15) is 0 Å². The summed E-state index contributed by atoms with van der Waals surface area (Å²) in [6.45, 7) is 3.04. The van der Waals surface area contributed by atoms with Gasteiger partial charge in [0.2, 0.25) is 0 Å². The summed E-state index contributed by atoms with van der Waals surface area (Å²) in [6.07, 6.45) is 1.01. The minimum absolute atomic E-state index is 0.0465. The molecule has 2 rings (SSSR count). The van der Waals surface area contributed by atoms with Gasteiger partial charge in [-0.3, -0.25) is 4.79 Å². The molecule has 0 saturated carbocycles. The van der Waals surface area contributed by atoms with Crippen molar-refractivity contribution >= 4 is 17.3 Å². The number of aliphatic hydroxyl groups is 1. The van der Waals surface area contributed by atoms with Crippen LogP contribution < -0.4 is 16.0 Å². The summed E-state index contributed by atoms with van der Waals surface area (Å²) in [5.41, 5.74) is 7.87. The molecule has 1 saturated heterocycles. The first-order valence-electron chi connectivity index (χ1n) is 6.57. The maximum absolute atomic E-state index is 11.9. The topological polar surface area (TPSA) is 78.6 Å². The summed E-state index contributed by atoms with van der Waals surface area (Å²) in [4.78, 5) is 14.0. The van der Waals surface area contributed by atoms with Crippen molar-refractivity contribution in [2.75, 3.05) is 30.8 Å². The van der Waals surface area contributed by atoms with Crippen molar-refractivity contribution < 1.29 is 9.90 Å². The highest BCUT2D eigenvalue weighted by Gasteiger charge is 2.32. The van der Waals surface area contributed by atoms with E-state index in [2.05, 4.69) is 17.1 Å². The second kappa shape index (κ2) is 5.48. The monoisotopic (exact) mass is 263 g/mol. The number of hydrogen-bond donors (Lipinski definition) is 3. The molecule has 1 aliphatic rings. The highest BCUT2D eigenvalue weighted by molar-refractivity contribution is 6.00. The zero-order chi connectivity index (χ0) is 14.0. The highest BCUT2D eigenvalue weighted by atomic mass is 16.3. The van der Waals surface area contributed by atoms with Gasteiger partial charge in [0.05, 0.1) is 23.9 Å². The van der Waals surface area contributed by atoms with Crippen molar-refractivity contribution in [1.82, 2.24) is 5.32 Å². The van der Waals surface area contributed by atoms with Crippen LogP contribution in [0.4, 0.5) is 11.4 Å². The maximum Gasteiger partial charge on any atom is 0.253 e. The first-order valence-corrected chi connectivity index (χ1v) is 6.57. The number of aliphatic hydroxyl groups excluding tert-OH is 1. The third kappa shape index (κ3) is 2.51. The molecule has 1 heterocycles. The van der Waals surface area contributed by atoms with Crippen molar-refractivity contribution in [3.8, 4) is 0 Å². The van der Waals surface area contributed by atoms with E-state index in [-0.39, 0.29) is 18.6 Å². The highest BCUT2D eigenvalue weighted by Crippen LogP contribution is 2.33. The van der Waals surface area contributed by atoms with Crippen molar-refractivity contribution in [2.45, 2.75) is 19.4 Å². The van der Waals surface area contributed by atoms with Gasteiger partial charge < -0.3 is 21.1 Å². The molecule has 1 aromatic rings. The zero-order valence-corrected chi connectivity index (χ0v) is 11.4. The Balaban J connectivity index is 2.43. The predicted molar refractivity (Wildman–Crippen MR) is 76.2 cm³/mol. The summed E-state index contributed by atoms with van der Waals surface area (Å²) < 4.78 is 0. The van der Waals surface area contributed by atoms with Crippen molar-refractivity contribution in [3.05, 3.63) is 23.8 Å². The van der Waals surface area contributed by atoms with Crippen molar-refractivity contribution in [3.63, 3.8) is 0 Å². The van der Waals surface area contributed by atoms with E-state index in [0.29, 0.717) is 17.2 Å². The van der Waals surface area contributed by atoms with E-state index in [0.717, 1.165) is 18.7 Å². The van der Waals surface area contributed by atoms with Crippen LogP contribution in [0.2, 0.25) is 0 Å². The summed E-state index contributed by atoms with van der Waals surface area (Å²) in [5.74, 6) is 0.273. The average molecular weight is 263 g/mol. The molecule has 1 fully saturated rings. The third-order valence-corrected chi connectivity index (χ3v) is 3.87. The van der Waals surface area contributed by atoms with Crippen LogP contribution in [0.15, 0.2) is 18.2 Å². The van der Waals surface area contributed by atoms with Crippen LogP contribution in [0, 0.1) is 5.92 Å². The fourth-order valence-corrected chi connectivity index (χ4v) is 2.70. The maximum atomic E-state index is 11.9. The minimum Gasteiger partial charge on any atom is -0.399 e. The van der Waals surface area contributed by atoms with Crippen molar-refractivity contribution in [2.24, 2.45) is 5.92 Å². The van der Waals surface area contributed by atoms with Crippen LogP contribution in [0.5, 0.6) is 0 Å². The van der Waals surface area contributed by atoms with E-state index < -0.39 is 0 Å². The smallest absolute Gasteiger partial charge is 0.253 e. The van der Waals surface area contributed by atoms with Crippen molar-refractivity contribution in [1.29, 1.82) is 0 Å². The Morgan fingerprint density at radius 2 is 2.32 bits per heavy atom. The lowest BCUT2D eigenvalue weighted by Gasteiger charge is -2.29. The van der Waals surface area contributed by atoms with Crippen LogP contribution in [0.1, 0.15) is 23.7 Å². The van der Waals surface area contributed by atoms with Gasteiger partial charge in [-0.2, -0.15) is 0 Å². The molecule has 0 aliphatic carbocycles. The first-order chi connectivity index (χ1) is 9.08. The fourth-order valence-electron chi connectivity index (χ4n) is 2.70. The second-order valence-corrected chi connectivity index (χ2v) is 5.06. The number of carbonyl (C=O) groups is 1. The molecule has 1 amide bonds. The first kappa shape index (κ1) is 13.7. The number of hydrogen-bond acceptors (Lipinski definition) is 4. The number of nitrogens with two attached hydrogens (primary N) is 1. The van der Waals surface area contributed by atoms with Gasteiger partial charge in [0.25, 0.3) is 5.91 Å². The molecule has 1 aliphatic heterocycles. The molecule has 2 unspecified atom stereocenters. The van der Waals surface area contributed by atoms with Gasteiger partial charge in [-0.1, -0.05) is 6.92 Å². The Hall–Kier alpha value is -1.75. The Kier molecular flexibility index (Phi) is 3.95. The molecule has 5 heteroatoms. The Bertz CT molecular complexity index is 476. The van der Waals surface area contributed by atoms with Gasteiger partial charge in [-0.15, -0.1) is 0 Å². The fraction of sp³-hybridized carbons (Fsp3) is 0.500. The van der Waals surface area contributed by atoms with E-state index in [9.17, 15) is 9.90 Å². The molecule has 5 nitrogen and oxygen atoms in total. The minimum atomic E-state index is -0.133. The lowest BCUT2D eigenvalue weighted by Crippen LogP contribution is -2.36. The molecule has 0 aromatic heterocycles. The molecule has 19 heavy (non-hydrogen) atoms. The van der Waals surface area contributed by atoms with Gasteiger partial charge in [-0.05, 0) is 30.5 Å². The molecular formula is C14H21N3O2. The third-order valence-electron chi connectivity index (χ3n) is 3.87. The Morgan fingerprint density at radius 3 is 2.95 bits per heavy atom. The van der Waals surface area contributed by atoms with Crippen LogP contribution in [0.3, 0.4) is 0 Å². The quantitative estimate of drug-likeness (QED) is 0.706. The van der Waals surface area contributed by atoms with Gasteiger partial charge in [-0.25, -0.2) is 0 Å². The van der Waals surface area contributed by atoms with Crippen LogP contribution in [0.25, 0.3) is 0 Å². The molecule has 2 atom stereocenters.